The molecular formula is C26H26BrNO4. The topological polar surface area (TPSA) is 67.8 Å². The molecule has 0 aliphatic heterocycles. The van der Waals surface area contributed by atoms with Crippen LogP contribution in [0.15, 0.2) is 71.2 Å². The lowest BCUT2D eigenvalue weighted by Crippen LogP contribution is -2.33. The number of alkyl carbamates (subject to hydrolysis) is 1. The first-order valence-corrected chi connectivity index (χ1v) is 11.4. The van der Waals surface area contributed by atoms with Crippen molar-refractivity contribution in [3.05, 3.63) is 87.9 Å². The van der Waals surface area contributed by atoms with Crippen LogP contribution in [0.3, 0.4) is 0 Å². The molecule has 3 aromatic carbocycles. The molecule has 0 bridgehead atoms. The molecule has 0 radical (unpaired) electrons. The Hall–Kier alpha value is -2.83. The van der Waals surface area contributed by atoms with E-state index >= 15 is 0 Å². The summed E-state index contributed by atoms with van der Waals surface area (Å²) in [5.74, 6) is 0.667. The average molecular weight is 496 g/mol. The van der Waals surface area contributed by atoms with Gasteiger partial charge in [-0.15, -0.1) is 0 Å². The smallest absolute Gasteiger partial charge is 0.407 e. The first-order chi connectivity index (χ1) is 15.6. The van der Waals surface area contributed by atoms with E-state index in [2.05, 4.69) is 45.5 Å². The highest BCUT2D eigenvalue weighted by Crippen LogP contribution is 2.44. The minimum atomic E-state index is -0.471. The SMILES string of the molecule is COc1ccc(CC(CO)CNC(=O)OCC2c3ccccc3-c3ccccc32)cc1Br. The number of fused-ring (bicyclic) bond motifs is 3. The standard InChI is InChI=1S/C26H26BrNO4/c1-31-25-11-10-17(13-24(25)27)12-18(15-29)14-28-26(30)32-16-23-21-8-4-2-6-19(21)20-7-3-5-9-22(20)23/h2-11,13,18,23,29H,12,14-16H2,1H3,(H,28,30). The third-order valence-corrected chi connectivity index (χ3v) is 6.50. The first kappa shape index (κ1) is 22.4. The van der Waals surface area contributed by atoms with Gasteiger partial charge in [0.25, 0.3) is 0 Å². The van der Waals surface area contributed by atoms with Crippen LogP contribution in [-0.4, -0.2) is 38.1 Å². The summed E-state index contributed by atoms with van der Waals surface area (Å²) in [7, 11) is 1.62. The van der Waals surface area contributed by atoms with Crippen LogP contribution < -0.4 is 10.1 Å². The summed E-state index contributed by atoms with van der Waals surface area (Å²) < 4.78 is 11.7. The Kier molecular flexibility index (Phi) is 7.12. The predicted octanol–water partition coefficient (Wildman–Crippen LogP) is 5.15. The van der Waals surface area contributed by atoms with Gasteiger partial charge in [0.1, 0.15) is 12.4 Å². The molecule has 5 nitrogen and oxygen atoms in total. The third kappa shape index (κ3) is 4.81. The fraction of sp³-hybridized carbons (Fsp3) is 0.269. The summed E-state index contributed by atoms with van der Waals surface area (Å²) >= 11 is 3.48. The quantitative estimate of drug-likeness (QED) is 0.453. The number of carbonyl (C=O) groups is 1. The number of amides is 1. The summed E-state index contributed by atoms with van der Waals surface area (Å²) in [5, 5.41) is 12.6. The largest absolute Gasteiger partial charge is 0.496 e. The number of rotatable bonds is 8. The molecule has 1 aliphatic rings. The van der Waals surface area contributed by atoms with E-state index in [4.69, 9.17) is 9.47 Å². The van der Waals surface area contributed by atoms with Crippen LogP contribution in [0.2, 0.25) is 0 Å². The van der Waals surface area contributed by atoms with Crippen molar-refractivity contribution in [3.63, 3.8) is 0 Å². The number of hydrogen-bond acceptors (Lipinski definition) is 4. The van der Waals surface area contributed by atoms with Crippen molar-refractivity contribution >= 4 is 22.0 Å². The van der Waals surface area contributed by atoms with E-state index < -0.39 is 6.09 Å². The lowest BCUT2D eigenvalue weighted by atomic mass is 9.98. The van der Waals surface area contributed by atoms with E-state index in [1.165, 1.54) is 22.3 Å². The highest BCUT2D eigenvalue weighted by Gasteiger charge is 2.29. The molecule has 0 saturated carbocycles. The van der Waals surface area contributed by atoms with Gasteiger partial charge < -0.3 is 19.9 Å². The van der Waals surface area contributed by atoms with Crippen molar-refractivity contribution in [3.8, 4) is 16.9 Å². The van der Waals surface area contributed by atoms with Crippen LogP contribution in [0.4, 0.5) is 4.79 Å². The second-order valence-electron chi connectivity index (χ2n) is 7.93. The maximum absolute atomic E-state index is 12.4. The first-order valence-electron chi connectivity index (χ1n) is 10.6. The van der Waals surface area contributed by atoms with Gasteiger partial charge in [-0.1, -0.05) is 54.6 Å². The Morgan fingerprint density at radius 2 is 1.72 bits per heavy atom. The van der Waals surface area contributed by atoms with Gasteiger partial charge in [0, 0.05) is 25.0 Å². The Labute approximate surface area is 196 Å². The Bertz CT molecular complexity index is 1060. The van der Waals surface area contributed by atoms with Crippen molar-refractivity contribution in [2.45, 2.75) is 12.3 Å². The van der Waals surface area contributed by atoms with E-state index in [9.17, 15) is 9.90 Å². The molecule has 1 aliphatic carbocycles. The summed E-state index contributed by atoms with van der Waals surface area (Å²) in [6, 6.07) is 22.3. The number of carbonyl (C=O) groups excluding carboxylic acids is 1. The minimum absolute atomic E-state index is 0.0263. The van der Waals surface area contributed by atoms with Gasteiger partial charge >= 0.3 is 6.09 Å². The molecule has 0 saturated heterocycles. The molecular weight excluding hydrogens is 470 g/mol. The number of ether oxygens (including phenoxy) is 2. The third-order valence-electron chi connectivity index (χ3n) is 5.88. The molecule has 0 aromatic heterocycles. The van der Waals surface area contributed by atoms with Crippen LogP contribution >= 0.6 is 15.9 Å². The van der Waals surface area contributed by atoms with Crippen molar-refractivity contribution in [2.24, 2.45) is 5.92 Å². The van der Waals surface area contributed by atoms with Crippen LogP contribution in [-0.2, 0) is 11.2 Å². The molecule has 166 valence electrons. The maximum Gasteiger partial charge on any atom is 0.407 e. The molecule has 6 heteroatoms. The van der Waals surface area contributed by atoms with Crippen LogP contribution in [0.5, 0.6) is 5.75 Å². The van der Waals surface area contributed by atoms with Crippen molar-refractivity contribution in [1.29, 1.82) is 0 Å². The van der Waals surface area contributed by atoms with Crippen molar-refractivity contribution in [1.82, 2.24) is 5.32 Å². The van der Waals surface area contributed by atoms with Crippen LogP contribution in [0.1, 0.15) is 22.6 Å². The molecule has 1 unspecified atom stereocenters. The zero-order chi connectivity index (χ0) is 22.5. The highest BCUT2D eigenvalue weighted by molar-refractivity contribution is 9.10. The van der Waals surface area contributed by atoms with E-state index in [1.54, 1.807) is 7.11 Å². The van der Waals surface area contributed by atoms with E-state index in [-0.39, 0.29) is 25.0 Å². The van der Waals surface area contributed by atoms with Gasteiger partial charge in [-0.05, 0) is 62.3 Å². The summed E-state index contributed by atoms with van der Waals surface area (Å²) in [6.07, 6.45) is 0.157. The number of halogens is 1. The lowest BCUT2D eigenvalue weighted by Gasteiger charge is -2.17. The van der Waals surface area contributed by atoms with Gasteiger partial charge in [0.2, 0.25) is 0 Å². The Morgan fingerprint density at radius 3 is 2.31 bits per heavy atom. The minimum Gasteiger partial charge on any atom is -0.496 e. The zero-order valence-electron chi connectivity index (χ0n) is 17.9. The normalized spacial score (nSPS) is 13.2. The number of aliphatic hydroxyl groups is 1. The summed E-state index contributed by atoms with van der Waals surface area (Å²) in [4.78, 5) is 12.4. The van der Waals surface area contributed by atoms with Gasteiger partial charge in [0.15, 0.2) is 0 Å². The van der Waals surface area contributed by atoms with Crippen LogP contribution in [0, 0.1) is 5.92 Å². The molecule has 32 heavy (non-hydrogen) atoms. The summed E-state index contributed by atoms with van der Waals surface area (Å²) in [5.41, 5.74) is 5.80. The van der Waals surface area contributed by atoms with Gasteiger partial charge in [-0.25, -0.2) is 4.79 Å². The predicted molar refractivity (Wildman–Crippen MR) is 128 cm³/mol. The summed E-state index contributed by atoms with van der Waals surface area (Å²) in [6.45, 7) is 0.569. The number of methoxy groups -OCH3 is 1. The number of nitrogens with one attached hydrogen (secondary N) is 1. The lowest BCUT2D eigenvalue weighted by molar-refractivity contribution is 0.138. The fourth-order valence-electron chi connectivity index (χ4n) is 4.25. The Balaban J connectivity index is 1.33. The fourth-order valence-corrected chi connectivity index (χ4v) is 4.84. The molecule has 4 rings (SSSR count). The molecule has 0 heterocycles. The monoisotopic (exact) mass is 495 g/mol. The molecule has 0 spiro atoms. The molecule has 1 amide bonds. The number of aliphatic hydroxyl groups excluding tert-OH is 1. The van der Waals surface area contributed by atoms with Gasteiger partial charge in [-0.3, -0.25) is 0 Å². The van der Waals surface area contributed by atoms with E-state index in [0.29, 0.717) is 13.0 Å². The van der Waals surface area contributed by atoms with E-state index in [1.807, 2.05) is 42.5 Å². The molecule has 3 aromatic rings. The second-order valence-corrected chi connectivity index (χ2v) is 8.78. The number of hydrogen-bond donors (Lipinski definition) is 2. The average Bonchev–Trinajstić information content (AvgIpc) is 3.14. The van der Waals surface area contributed by atoms with Crippen molar-refractivity contribution in [2.75, 3.05) is 26.9 Å². The number of benzene rings is 3. The van der Waals surface area contributed by atoms with E-state index in [0.717, 1.165) is 15.8 Å². The molecule has 0 fully saturated rings. The van der Waals surface area contributed by atoms with Crippen molar-refractivity contribution < 1.29 is 19.4 Å². The molecule has 2 N–H and O–H groups in total. The van der Waals surface area contributed by atoms with Gasteiger partial charge in [0.05, 0.1) is 11.6 Å². The zero-order valence-corrected chi connectivity index (χ0v) is 19.5. The molecule has 1 atom stereocenters. The second kappa shape index (κ2) is 10.2. The van der Waals surface area contributed by atoms with Gasteiger partial charge in [-0.2, -0.15) is 0 Å². The maximum atomic E-state index is 12.4. The highest BCUT2D eigenvalue weighted by atomic mass is 79.9. The van der Waals surface area contributed by atoms with Crippen LogP contribution in [0.25, 0.3) is 11.1 Å². The Morgan fingerprint density at radius 1 is 1.06 bits per heavy atom.